The van der Waals surface area contributed by atoms with Crippen LogP contribution in [-0.4, -0.2) is 17.5 Å². The minimum atomic E-state index is -0.438. The van der Waals surface area contributed by atoms with Crippen LogP contribution in [0.5, 0.6) is 0 Å². The summed E-state index contributed by atoms with van der Waals surface area (Å²) in [7, 11) is 0. The lowest BCUT2D eigenvalue weighted by molar-refractivity contribution is 0.232. The number of nitrogens with one attached hydrogen (secondary N) is 1. The lowest BCUT2D eigenvalue weighted by Gasteiger charge is -2.08. The van der Waals surface area contributed by atoms with Gasteiger partial charge in [0, 0.05) is 0 Å². The first-order valence-corrected chi connectivity index (χ1v) is 4.44. The third-order valence-corrected chi connectivity index (χ3v) is 2.28. The Morgan fingerprint density at radius 3 is 3.00 bits per heavy atom. The molecule has 2 rings (SSSR count). The number of carbonyl (C=O) groups is 1. The second kappa shape index (κ2) is 3.58. The molecule has 1 saturated heterocycles. The zero-order chi connectivity index (χ0) is 10.8. The van der Waals surface area contributed by atoms with E-state index in [1.54, 1.807) is 18.3 Å². The van der Waals surface area contributed by atoms with Crippen LogP contribution in [-0.2, 0) is 0 Å². The molecule has 1 aromatic carbocycles. The molecule has 1 aliphatic rings. The van der Waals surface area contributed by atoms with Crippen molar-refractivity contribution in [1.29, 1.82) is 5.26 Å². The highest BCUT2D eigenvalue weighted by molar-refractivity contribution is 5.78. The lowest BCUT2D eigenvalue weighted by Crippen LogP contribution is -2.23. The van der Waals surface area contributed by atoms with Gasteiger partial charge in [0.2, 0.25) is 0 Å². The molecule has 4 nitrogen and oxygen atoms in total. The highest BCUT2D eigenvalue weighted by Crippen LogP contribution is 2.20. The summed E-state index contributed by atoms with van der Waals surface area (Å²) in [4.78, 5) is 12.2. The predicted molar refractivity (Wildman–Crippen MR) is 50.0 cm³/mol. The fourth-order valence-corrected chi connectivity index (χ4v) is 1.54. The van der Waals surface area contributed by atoms with Crippen LogP contribution in [0.1, 0.15) is 11.6 Å². The van der Waals surface area contributed by atoms with Crippen LogP contribution in [0.15, 0.2) is 24.3 Å². The van der Waals surface area contributed by atoms with E-state index >= 15 is 0 Å². The number of nitriles is 1. The van der Waals surface area contributed by atoms with Crippen LogP contribution in [0.2, 0.25) is 0 Å². The molecule has 2 amide bonds. The number of amides is 2. The first-order chi connectivity index (χ1) is 7.20. The van der Waals surface area contributed by atoms with Gasteiger partial charge in [0.1, 0.15) is 5.82 Å². The van der Waals surface area contributed by atoms with E-state index in [1.165, 1.54) is 12.1 Å². The Morgan fingerprint density at radius 1 is 1.60 bits per heavy atom. The van der Waals surface area contributed by atoms with Gasteiger partial charge in [-0.3, -0.25) is 0 Å². The smallest absolute Gasteiger partial charge is 0.328 e. The highest BCUT2D eigenvalue weighted by atomic mass is 19.1. The molecule has 76 valence electrons. The Morgan fingerprint density at radius 2 is 2.40 bits per heavy atom. The summed E-state index contributed by atoms with van der Waals surface area (Å²) >= 11 is 0. The zero-order valence-electron chi connectivity index (χ0n) is 7.77. The zero-order valence-corrected chi connectivity index (χ0v) is 7.77. The van der Waals surface area contributed by atoms with Gasteiger partial charge in [0.25, 0.3) is 0 Å². The summed E-state index contributed by atoms with van der Waals surface area (Å²) in [5, 5.41) is 11.2. The van der Waals surface area contributed by atoms with Gasteiger partial charge >= 0.3 is 6.03 Å². The fourth-order valence-electron chi connectivity index (χ4n) is 1.54. The summed E-state index contributed by atoms with van der Waals surface area (Å²) < 4.78 is 12.9. The number of hydrogen-bond acceptors (Lipinski definition) is 2. The van der Waals surface area contributed by atoms with E-state index in [-0.39, 0.29) is 18.4 Å². The number of rotatable bonds is 1. The van der Waals surface area contributed by atoms with Crippen LogP contribution in [0.25, 0.3) is 0 Å². The molecule has 1 N–H and O–H groups in total. The molecule has 1 aliphatic heterocycles. The molecular weight excluding hydrogens is 197 g/mol. The van der Waals surface area contributed by atoms with Crippen molar-refractivity contribution in [2.24, 2.45) is 0 Å². The Bertz CT molecular complexity index is 441. The highest BCUT2D eigenvalue weighted by Gasteiger charge is 2.29. The molecule has 5 heteroatoms. The molecule has 0 spiro atoms. The lowest BCUT2D eigenvalue weighted by atomic mass is 10.1. The fraction of sp³-hybridized carbons (Fsp3) is 0.200. The van der Waals surface area contributed by atoms with E-state index in [2.05, 4.69) is 5.32 Å². The van der Waals surface area contributed by atoms with E-state index < -0.39 is 6.03 Å². The SMILES string of the molecule is N#CN1CC(c2cccc(F)c2)NC1=O. The van der Waals surface area contributed by atoms with Crippen molar-refractivity contribution in [3.63, 3.8) is 0 Å². The van der Waals surface area contributed by atoms with Gasteiger partial charge in [-0.25, -0.2) is 14.1 Å². The van der Waals surface area contributed by atoms with Gasteiger partial charge in [0.05, 0.1) is 12.6 Å². The van der Waals surface area contributed by atoms with E-state index in [9.17, 15) is 9.18 Å². The Balaban J connectivity index is 2.21. The minimum absolute atomic E-state index is 0.249. The second-order valence-corrected chi connectivity index (χ2v) is 3.27. The van der Waals surface area contributed by atoms with Gasteiger partial charge in [-0.05, 0) is 17.7 Å². The van der Waals surface area contributed by atoms with Gasteiger partial charge in [-0.1, -0.05) is 12.1 Å². The van der Waals surface area contributed by atoms with E-state index in [4.69, 9.17) is 5.26 Å². The van der Waals surface area contributed by atoms with Crippen molar-refractivity contribution in [1.82, 2.24) is 10.2 Å². The van der Waals surface area contributed by atoms with Crippen molar-refractivity contribution >= 4 is 6.03 Å². The summed E-state index contributed by atoms with van der Waals surface area (Å²) in [6.45, 7) is 0.249. The second-order valence-electron chi connectivity index (χ2n) is 3.27. The molecule has 1 unspecified atom stereocenters. The largest absolute Gasteiger partial charge is 0.331 e. The summed E-state index contributed by atoms with van der Waals surface area (Å²) in [5.74, 6) is -0.350. The van der Waals surface area contributed by atoms with Crippen LogP contribution in [0, 0.1) is 17.3 Å². The number of benzene rings is 1. The molecule has 1 aromatic rings. The normalized spacial score (nSPS) is 19.9. The van der Waals surface area contributed by atoms with Gasteiger partial charge < -0.3 is 5.32 Å². The Hall–Kier alpha value is -2.09. The third-order valence-electron chi connectivity index (χ3n) is 2.28. The number of hydrogen-bond donors (Lipinski definition) is 1. The number of halogens is 1. The van der Waals surface area contributed by atoms with Crippen molar-refractivity contribution < 1.29 is 9.18 Å². The summed E-state index contributed by atoms with van der Waals surface area (Å²) in [5.41, 5.74) is 0.668. The molecule has 15 heavy (non-hydrogen) atoms. The first-order valence-electron chi connectivity index (χ1n) is 4.44. The molecule has 1 fully saturated rings. The standard InChI is InChI=1S/C10H8FN3O/c11-8-3-1-2-7(4-8)9-5-14(6-12)10(15)13-9/h1-4,9H,5H2,(H,13,15). The van der Waals surface area contributed by atoms with Crippen LogP contribution in [0.4, 0.5) is 9.18 Å². The number of nitrogens with zero attached hydrogens (tertiary/aromatic N) is 2. The van der Waals surface area contributed by atoms with Gasteiger partial charge in [-0.2, -0.15) is 5.26 Å². The maximum Gasteiger partial charge on any atom is 0.331 e. The Labute approximate surface area is 85.9 Å². The third kappa shape index (κ3) is 1.74. The van der Waals surface area contributed by atoms with Crippen molar-refractivity contribution in [3.05, 3.63) is 35.6 Å². The first kappa shape index (κ1) is 9.46. The van der Waals surface area contributed by atoms with E-state index in [0.29, 0.717) is 5.56 Å². The van der Waals surface area contributed by atoms with Crippen LogP contribution < -0.4 is 5.32 Å². The average molecular weight is 205 g/mol. The molecular formula is C10H8FN3O. The van der Waals surface area contributed by atoms with Crippen LogP contribution in [0.3, 0.4) is 0 Å². The minimum Gasteiger partial charge on any atom is -0.328 e. The van der Waals surface area contributed by atoms with E-state index in [0.717, 1.165) is 4.90 Å². The quantitative estimate of drug-likeness (QED) is 0.704. The van der Waals surface area contributed by atoms with E-state index in [1.807, 2.05) is 0 Å². The molecule has 0 aliphatic carbocycles. The molecule has 1 heterocycles. The van der Waals surface area contributed by atoms with Crippen LogP contribution >= 0.6 is 0 Å². The topological polar surface area (TPSA) is 56.1 Å². The monoisotopic (exact) mass is 205 g/mol. The number of carbonyl (C=O) groups excluding carboxylic acids is 1. The number of urea groups is 1. The molecule has 0 bridgehead atoms. The Kier molecular flexibility index (Phi) is 2.26. The van der Waals surface area contributed by atoms with Gasteiger partial charge in [0.15, 0.2) is 6.19 Å². The summed E-state index contributed by atoms with van der Waals surface area (Å²) in [6, 6.07) is 5.23. The van der Waals surface area contributed by atoms with Crippen molar-refractivity contribution in [2.45, 2.75) is 6.04 Å². The molecule has 0 saturated carbocycles. The molecule has 0 aromatic heterocycles. The summed E-state index contributed by atoms with van der Waals surface area (Å²) in [6.07, 6.45) is 1.76. The average Bonchev–Trinajstić information content (AvgIpc) is 2.60. The predicted octanol–water partition coefficient (Wildman–Crippen LogP) is 1.37. The van der Waals surface area contributed by atoms with Crippen molar-refractivity contribution in [2.75, 3.05) is 6.54 Å². The maximum atomic E-state index is 12.9. The maximum absolute atomic E-state index is 12.9. The molecule has 0 radical (unpaired) electrons. The van der Waals surface area contributed by atoms with Gasteiger partial charge in [-0.15, -0.1) is 0 Å². The molecule has 1 atom stereocenters. The van der Waals surface area contributed by atoms with Crippen molar-refractivity contribution in [3.8, 4) is 6.19 Å².